The SMILES string of the molecule is CN(C)c1ccc(O)c2c1C[C@H]1C[C@H]3[C@H](N(C)C)C(O)=C(C(=O)CCCC(=O)CCl)C(O)[C@@]3(O)C(=O)C1=C2O. The van der Waals surface area contributed by atoms with E-state index in [0.29, 0.717) is 5.56 Å². The van der Waals surface area contributed by atoms with Gasteiger partial charge in [-0.05, 0) is 57.0 Å². The number of aromatic hydroxyl groups is 1. The molecule has 3 aliphatic carbocycles. The average Bonchev–Trinajstić information content (AvgIpc) is 2.85. The number of carbonyl (C=O) groups excluding carboxylic acids is 3. The number of aliphatic hydroxyl groups excluding tert-OH is 3. The molecule has 212 valence electrons. The second-order valence-corrected chi connectivity index (χ2v) is 11.3. The summed E-state index contributed by atoms with van der Waals surface area (Å²) in [5.41, 5.74) is -1.64. The molecule has 39 heavy (non-hydrogen) atoms. The van der Waals surface area contributed by atoms with Crippen molar-refractivity contribution >= 4 is 40.4 Å². The number of aliphatic hydroxyl groups is 4. The lowest BCUT2D eigenvalue weighted by Crippen LogP contribution is -2.68. The van der Waals surface area contributed by atoms with E-state index in [2.05, 4.69) is 0 Å². The van der Waals surface area contributed by atoms with E-state index in [-0.39, 0.29) is 60.7 Å². The highest BCUT2D eigenvalue weighted by molar-refractivity contribution is 6.27. The van der Waals surface area contributed by atoms with E-state index in [0.717, 1.165) is 5.69 Å². The van der Waals surface area contributed by atoms with Crippen LogP contribution in [0.1, 0.15) is 36.8 Å². The van der Waals surface area contributed by atoms with Crippen molar-refractivity contribution in [3.05, 3.63) is 40.2 Å². The number of anilines is 1. The number of carbonyl (C=O) groups is 3. The van der Waals surface area contributed by atoms with Crippen molar-refractivity contribution in [2.75, 3.05) is 39.0 Å². The van der Waals surface area contributed by atoms with Gasteiger partial charge >= 0.3 is 0 Å². The van der Waals surface area contributed by atoms with Gasteiger partial charge in [0.25, 0.3) is 0 Å². The average molecular weight is 563 g/mol. The summed E-state index contributed by atoms with van der Waals surface area (Å²) < 4.78 is 0. The Morgan fingerprint density at radius 1 is 1.10 bits per heavy atom. The molecule has 5 atom stereocenters. The first kappa shape index (κ1) is 29.1. The van der Waals surface area contributed by atoms with Crippen LogP contribution in [-0.2, 0) is 20.8 Å². The normalized spacial score (nSPS) is 28.3. The van der Waals surface area contributed by atoms with Crippen molar-refractivity contribution in [3.63, 3.8) is 0 Å². The van der Waals surface area contributed by atoms with Crippen molar-refractivity contribution in [1.82, 2.24) is 4.90 Å². The number of halogens is 1. The van der Waals surface area contributed by atoms with E-state index >= 15 is 0 Å². The minimum Gasteiger partial charge on any atom is -0.510 e. The molecule has 0 amide bonds. The molecule has 0 aliphatic heterocycles. The molecule has 10 nitrogen and oxygen atoms in total. The van der Waals surface area contributed by atoms with Gasteiger partial charge in [0, 0.05) is 44.1 Å². The standard InChI is InChI=1S/C28H35ClN2O8/c1-30(2)17-8-9-19(34)21-15(17)10-13-11-16-23(31(3)4)25(36)22(18(33)7-5-6-14(32)12-29)27(38)28(16,39)26(37)20(13)24(21)35/h8-9,13,16,23,27,34-36,38-39H,5-7,10-12H2,1-4H3/t13-,16-,23-,27?,28-/m0/s1. The molecule has 0 spiro atoms. The zero-order valence-electron chi connectivity index (χ0n) is 22.4. The first-order chi connectivity index (χ1) is 18.3. The van der Waals surface area contributed by atoms with E-state index in [9.17, 15) is 39.9 Å². The molecule has 4 rings (SSSR count). The summed E-state index contributed by atoms with van der Waals surface area (Å²) in [5, 5.41) is 56.4. The fourth-order valence-corrected chi connectivity index (χ4v) is 6.64. The summed E-state index contributed by atoms with van der Waals surface area (Å²) in [5.74, 6) is -4.81. The second-order valence-electron chi connectivity index (χ2n) is 11.1. The lowest BCUT2D eigenvalue weighted by atomic mass is 9.56. The number of nitrogens with zero attached hydrogens (tertiary/aromatic N) is 2. The molecule has 0 saturated heterocycles. The Balaban J connectivity index is 1.82. The van der Waals surface area contributed by atoms with Crippen LogP contribution in [-0.4, -0.2) is 99.6 Å². The van der Waals surface area contributed by atoms with Gasteiger partial charge in [-0.3, -0.25) is 19.3 Å². The first-order valence-electron chi connectivity index (χ1n) is 12.9. The summed E-state index contributed by atoms with van der Waals surface area (Å²) in [6.07, 6.45) is -1.74. The minimum atomic E-state index is -2.52. The van der Waals surface area contributed by atoms with Crippen LogP contribution in [0.15, 0.2) is 29.0 Å². The Morgan fingerprint density at radius 2 is 1.77 bits per heavy atom. The minimum absolute atomic E-state index is 0.0303. The van der Waals surface area contributed by atoms with Crippen molar-refractivity contribution < 1.29 is 39.9 Å². The predicted molar refractivity (Wildman–Crippen MR) is 145 cm³/mol. The van der Waals surface area contributed by atoms with Gasteiger partial charge in [-0.25, -0.2) is 0 Å². The number of benzene rings is 1. The van der Waals surface area contributed by atoms with Crippen LogP contribution in [0, 0.1) is 11.8 Å². The van der Waals surface area contributed by atoms with Gasteiger partial charge in [0.15, 0.2) is 17.2 Å². The third kappa shape index (κ3) is 4.53. The van der Waals surface area contributed by atoms with Crippen LogP contribution in [0.2, 0.25) is 0 Å². The number of ketones is 3. The number of rotatable bonds is 8. The second kappa shape index (κ2) is 10.6. The molecule has 1 fully saturated rings. The maximum Gasteiger partial charge on any atom is 0.197 e. The first-order valence-corrected chi connectivity index (χ1v) is 13.4. The van der Waals surface area contributed by atoms with Crippen molar-refractivity contribution in [1.29, 1.82) is 0 Å². The highest BCUT2D eigenvalue weighted by atomic mass is 35.5. The lowest BCUT2D eigenvalue weighted by Gasteiger charge is -2.53. The van der Waals surface area contributed by atoms with E-state index in [1.807, 2.05) is 19.0 Å². The molecule has 0 radical (unpaired) electrons. The van der Waals surface area contributed by atoms with Crippen molar-refractivity contribution in [3.8, 4) is 5.75 Å². The number of phenolic OH excluding ortho intramolecular Hbond substituents is 1. The number of alkyl halides is 1. The van der Waals surface area contributed by atoms with Gasteiger partial charge < -0.3 is 30.4 Å². The quantitative estimate of drug-likeness (QED) is 0.296. The molecule has 1 aromatic rings. The van der Waals surface area contributed by atoms with Crippen molar-refractivity contribution in [2.45, 2.75) is 49.9 Å². The largest absolute Gasteiger partial charge is 0.510 e. The zero-order valence-corrected chi connectivity index (χ0v) is 23.2. The number of likely N-dealkylation sites (N-methyl/N-ethyl adjacent to an activating group) is 1. The summed E-state index contributed by atoms with van der Waals surface area (Å²) in [6, 6.07) is 2.15. The van der Waals surface area contributed by atoms with Crippen LogP contribution in [0.3, 0.4) is 0 Å². The Morgan fingerprint density at radius 3 is 2.36 bits per heavy atom. The van der Waals surface area contributed by atoms with Crippen LogP contribution in [0.4, 0.5) is 5.69 Å². The smallest absolute Gasteiger partial charge is 0.197 e. The van der Waals surface area contributed by atoms with Gasteiger partial charge in [0.1, 0.15) is 29.2 Å². The molecule has 3 aliphatic rings. The van der Waals surface area contributed by atoms with Crippen molar-refractivity contribution in [2.24, 2.45) is 11.8 Å². The Hall–Kier alpha value is -2.92. The number of hydrogen-bond donors (Lipinski definition) is 5. The van der Waals surface area contributed by atoms with E-state index in [4.69, 9.17) is 11.6 Å². The summed E-state index contributed by atoms with van der Waals surface area (Å²) in [7, 11) is 6.90. The maximum atomic E-state index is 14.0. The third-order valence-electron chi connectivity index (χ3n) is 8.30. The molecule has 0 aromatic heterocycles. The molecule has 0 heterocycles. The number of hydrogen-bond acceptors (Lipinski definition) is 10. The van der Waals surface area contributed by atoms with Crippen LogP contribution in [0.25, 0.3) is 5.76 Å². The van der Waals surface area contributed by atoms with Gasteiger partial charge in [0.05, 0.1) is 23.1 Å². The number of phenols is 1. The highest BCUT2D eigenvalue weighted by Gasteiger charge is 2.64. The lowest BCUT2D eigenvalue weighted by molar-refractivity contribution is -0.170. The zero-order chi connectivity index (χ0) is 29.0. The van der Waals surface area contributed by atoms with Gasteiger partial charge in [-0.2, -0.15) is 0 Å². The third-order valence-corrected chi connectivity index (χ3v) is 8.60. The van der Waals surface area contributed by atoms with Crippen LogP contribution >= 0.6 is 11.6 Å². The Bertz CT molecular complexity index is 1290. The van der Waals surface area contributed by atoms with Crippen LogP contribution < -0.4 is 4.90 Å². The Labute approximate surface area is 231 Å². The summed E-state index contributed by atoms with van der Waals surface area (Å²) in [4.78, 5) is 42.2. The van der Waals surface area contributed by atoms with E-state index in [1.54, 1.807) is 25.1 Å². The molecule has 1 saturated carbocycles. The van der Waals surface area contributed by atoms with Gasteiger partial charge in [-0.1, -0.05) is 0 Å². The molecular formula is C28H35ClN2O8. The van der Waals surface area contributed by atoms with Gasteiger partial charge in [0.2, 0.25) is 0 Å². The van der Waals surface area contributed by atoms with Gasteiger partial charge in [-0.15, -0.1) is 11.6 Å². The monoisotopic (exact) mass is 562 g/mol. The number of Topliss-reactive ketones (excluding diaryl/α,β-unsaturated/α-hetero) is 3. The van der Waals surface area contributed by atoms with E-state index < -0.39 is 58.2 Å². The fraction of sp³-hybridized carbons (Fsp3) is 0.536. The highest BCUT2D eigenvalue weighted by Crippen LogP contribution is 2.54. The molecule has 1 unspecified atom stereocenters. The van der Waals surface area contributed by atoms with Crippen LogP contribution in [0.5, 0.6) is 5.75 Å². The summed E-state index contributed by atoms with van der Waals surface area (Å²) >= 11 is 5.52. The summed E-state index contributed by atoms with van der Waals surface area (Å²) in [6.45, 7) is 0. The molecular weight excluding hydrogens is 528 g/mol. The Kier molecular flexibility index (Phi) is 7.88. The number of fused-ring (bicyclic) bond motifs is 3. The topological polar surface area (TPSA) is 159 Å². The maximum absolute atomic E-state index is 14.0. The molecule has 11 heteroatoms. The fourth-order valence-electron chi connectivity index (χ4n) is 6.51. The van der Waals surface area contributed by atoms with E-state index in [1.165, 1.54) is 6.07 Å². The molecule has 0 bridgehead atoms. The molecule has 5 N–H and O–H groups in total. The molecule has 1 aromatic carbocycles. The predicted octanol–water partition coefficient (Wildman–Crippen LogP) is 1.88.